The second-order valence-electron chi connectivity index (χ2n) is 6.59. The molecule has 2 heterocycles. The fraction of sp³-hybridized carbons (Fsp3) is 0.0800. The summed E-state index contributed by atoms with van der Waals surface area (Å²) in [6, 6.07) is 24.6. The van der Waals surface area contributed by atoms with Gasteiger partial charge in [0.1, 0.15) is 5.75 Å². The van der Waals surface area contributed by atoms with Gasteiger partial charge in [0, 0.05) is 23.5 Å². The first-order chi connectivity index (χ1) is 14.2. The summed E-state index contributed by atoms with van der Waals surface area (Å²) in [5.41, 5.74) is 4.59. The Morgan fingerprint density at radius 2 is 1.69 bits per heavy atom. The molecule has 0 fully saturated rings. The van der Waals surface area contributed by atoms with Crippen molar-refractivity contribution in [2.75, 3.05) is 0 Å². The van der Waals surface area contributed by atoms with E-state index >= 15 is 0 Å². The van der Waals surface area contributed by atoms with Gasteiger partial charge in [0.25, 0.3) is 0 Å². The lowest BCUT2D eigenvalue weighted by molar-refractivity contribution is 0.0735. The molecule has 0 radical (unpaired) electrons. The third-order valence-electron chi connectivity index (χ3n) is 4.63. The molecular formula is C25H20N2O2. The minimum atomic E-state index is -0.446. The average Bonchev–Trinajstić information content (AvgIpc) is 2.80. The van der Waals surface area contributed by atoms with Crippen molar-refractivity contribution < 1.29 is 9.53 Å². The summed E-state index contributed by atoms with van der Waals surface area (Å²) >= 11 is 0. The summed E-state index contributed by atoms with van der Waals surface area (Å²) < 4.78 is 5.61. The Bertz CT molecular complexity index is 1130. The number of benzene rings is 2. The Morgan fingerprint density at radius 1 is 0.862 bits per heavy atom. The number of hydrogen-bond donors (Lipinski definition) is 0. The molecule has 0 spiro atoms. The molecule has 0 saturated heterocycles. The van der Waals surface area contributed by atoms with Crippen molar-refractivity contribution in [3.63, 3.8) is 0 Å². The summed E-state index contributed by atoms with van der Waals surface area (Å²) in [4.78, 5) is 22.1. The van der Waals surface area contributed by atoms with Gasteiger partial charge in [-0.1, -0.05) is 49.4 Å². The van der Waals surface area contributed by atoms with Crippen LogP contribution in [-0.2, 0) is 6.42 Å². The summed E-state index contributed by atoms with van der Waals surface area (Å²) in [6.45, 7) is 2.10. The lowest BCUT2D eigenvalue weighted by atomic mass is 10.0. The maximum absolute atomic E-state index is 13.1. The molecule has 142 valence electrons. The second-order valence-corrected chi connectivity index (χ2v) is 6.59. The molecule has 0 bridgehead atoms. The van der Waals surface area contributed by atoms with Crippen LogP contribution < -0.4 is 4.74 Å². The minimum Gasteiger partial charge on any atom is -0.423 e. The highest BCUT2D eigenvalue weighted by molar-refractivity contribution is 5.98. The lowest BCUT2D eigenvalue weighted by Crippen LogP contribution is -2.11. The van der Waals surface area contributed by atoms with Crippen LogP contribution in [0.3, 0.4) is 0 Å². The molecule has 0 saturated carbocycles. The highest BCUT2D eigenvalue weighted by atomic mass is 16.5. The van der Waals surface area contributed by atoms with Crippen molar-refractivity contribution >= 4 is 5.97 Å². The molecule has 0 N–H and O–H groups in total. The monoisotopic (exact) mass is 380 g/mol. The molecular weight excluding hydrogens is 360 g/mol. The van der Waals surface area contributed by atoms with E-state index in [1.807, 2.05) is 48.5 Å². The van der Waals surface area contributed by atoms with Crippen molar-refractivity contribution in [1.29, 1.82) is 0 Å². The van der Waals surface area contributed by atoms with Gasteiger partial charge in [-0.15, -0.1) is 0 Å². The number of esters is 1. The maximum atomic E-state index is 13.1. The quantitative estimate of drug-likeness (QED) is 0.334. The molecule has 0 aliphatic carbocycles. The number of carbonyl (C=O) groups excluding carboxylic acids is 1. The number of rotatable bonds is 5. The number of aryl methyl sites for hydroxylation is 1. The zero-order valence-corrected chi connectivity index (χ0v) is 16.1. The number of para-hydroxylation sites is 1. The Labute approximate surface area is 169 Å². The summed E-state index contributed by atoms with van der Waals surface area (Å²) in [7, 11) is 0. The van der Waals surface area contributed by atoms with Crippen LogP contribution >= 0.6 is 0 Å². The molecule has 2 aromatic carbocycles. The Hall–Kier alpha value is -3.79. The standard InChI is InChI=1S/C25H20N2O2/c1-2-18-9-8-10-19(15-18)24-22(25(28)29-21-11-4-3-5-12-21)16-20(17-27-24)23-13-6-7-14-26-23/h3-17H,2H2,1H3. The van der Waals surface area contributed by atoms with Crippen LogP contribution in [0.4, 0.5) is 0 Å². The zero-order valence-electron chi connectivity index (χ0n) is 16.1. The lowest BCUT2D eigenvalue weighted by Gasteiger charge is -2.12. The number of ether oxygens (including phenoxy) is 1. The molecule has 2 aromatic heterocycles. The van der Waals surface area contributed by atoms with Crippen LogP contribution in [0.5, 0.6) is 5.75 Å². The number of hydrogen-bond acceptors (Lipinski definition) is 4. The van der Waals surface area contributed by atoms with Crippen molar-refractivity contribution in [1.82, 2.24) is 9.97 Å². The highest BCUT2D eigenvalue weighted by Gasteiger charge is 2.18. The van der Waals surface area contributed by atoms with Crippen LogP contribution in [0, 0.1) is 0 Å². The summed E-state index contributed by atoms with van der Waals surface area (Å²) in [5, 5.41) is 0. The van der Waals surface area contributed by atoms with Crippen LogP contribution in [-0.4, -0.2) is 15.9 Å². The molecule has 0 amide bonds. The number of nitrogens with zero attached hydrogens (tertiary/aromatic N) is 2. The molecule has 29 heavy (non-hydrogen) atoms. The van der Waals surface area contributed by atoms with E-state index in [0.717, 1.165) is 23.2 Å². The third-order valence-corrected chi connectivity index (χ3v) is 4.63. The fourth-order valence-electron chi connectivity index (χ4n) is 3.11. The van der Waals surface area contributed by atoms with Crippen LogP contribution in [0.1, 0.15) is 22.8 Å². The first-order valence-corrected chi connectivity index (χ1v) is 9.52. The maximum Gasteiger partial charge on any atom is 0.345 e. The van der Waals surface area contributed by atoms with Gasteiger partial charge in [-0.25, -0.2) is 4.79 Å². The average molecular weight is 380 g/mol. The molecule has 4 rings (SSSR count). The van der Waals surface area contributed by atoms with E-state index in [-0.39, 0.29) is 0 Å². The Kier molecular flexibility index (Phi) is 5.43. The first-order valence-electron chi connectivity index (χ1n) is 9.52. The smallest absolute Gasteiger partial charge is 0.345 e. The normalized spacial score (nSPS) is 10.5. The molecule has 0 aliphatic rings. The fourth-order valence-corrected chi connectivity index (χ4v) is 3.11. The van der Waals surface area contributed by atoms with E-state index in [0.29, 0.717) is 17.0 Å². The highest BCUT2D eigenvalue weighted by Crippen LogP contribution is 2.28. The van der Waals surface area contributed by atoms with Crippen LogP contribution in [0.15, 0.2) is 91.3 Å². The van der Waals surface area contributed by atoms with Crippen molar-refractivity contribution in [2.45, 2.75) is 13.3 Å². The Balaban J connectivity index is 1.80. The summed E-state index contributed by atoms with van der Waals surface area (Å²) in [6.07, 6.45) is 4.37. The van der Waals surface area contributed by atoms with Crippen molar-refractivity contribution in [2.24, 2.45) is 0 Å². The van der Waals surface area contributed by atoms with Crippen molar-refractivity contribution in [3.05, 3.63) is 102 Å². The Morgan fingerprint density at radius 3 is 2.45 bits per heavy atom. The number of aromatic nitrogens is 2. The molecule has 4 aromatic rings. The van der Waals surface area contributed by atoms with Gasteiger partial charge >= 0.3 is 5.97 Å². The number of pyridine rings is 2. The minimum absolute atomic E-state index is 0.408. The van der Waals surface area contributed by atoms with Gasteiger partial charge in [-0.2, -0.15) is 0 Å². The predicted octanol–water partition coefficient (Wildman–Crippen LogP) is 5.59. The van der Waals surface area contributed by atoms with Crippen molar-refractivity contribution in [3.8, 4) is 28.3 Å². The van der Waals surface area contributed by atoms with E-state index in [2.05, 4.69) is 29.0 Å². The predicted molar refractivity (Wildman–Crippen MR) is 114 cm³/mol. The number of carbonyl (C=O) groups is 1. The van der Waals surface area contributed by atoms with E-state index in [9.17, 15) is 4.79 Å². The van der Waals surface area contributed by atoms with Gasteiger partial charge in [0.05, 0.1) is 17.0 Å². The van der Waals surface area contributed by atoms with Crippen LogP contribution in [0.25, 0.3) is 22.5 Å². The van der Waals surface area contributed by atoms with E-state index in [1.54, 1.807) is 30.6 Å². The SMILES string of the molecule is CCc1cccc(-c2ncc(-c3ccccn3)cc2C(=O)Oc2ccccc2)c1. The topological polar surface area (TPSA) is 52.1 Å². The second kappa shape index (κ2) is 8.48. The molecule has 4 nitrogen and oxygen atoms in total. The summed E-state index contributed by atoms with van der Waals surface area (Å²) in [5.74, 6) is 0.0485. The molecule has 0 aliphatic heterocycles. The third kappa shape index (κ3) is 4.22. The largest absolute Gasteiger partial charge is 0.423 e. The van der Waals surface area contributed by atoms with E-state index in [4.69, 9.17) is 4.74 Å². The molecule has 0 unspecified atom stereocenters. The van der Waals surface area contributed by atoms with Gasteiger partial charge in [0.2, 0.25) is 0 Å². The van der Waals surface area contributed by atoms with Gasteiger partial charge in [-0.05, 0) is 48.4 Å². The van der Waals surface area contributed by atoms with Gasteiger partial charge in [0.15, 0.2) is 0 Å². The van der Waals surface area contributed by atoms with E-state index in [1.165, 1.54) is 5.56 Å². The van der Waals surface area contributed by atoms with Gasteiger partial charge < -0.3 is 4.74 Å². The van der Waals surface area contributed by atoms with Gasteiger partial charge in [-0.3, -0.25) is 9.97 Å². The first kappa shape index (κ1) is 18.6. The molecule has 4 heteroatoms. The van der Waals surface area contributed by atoms with E-state index < -0.39 is 5.97 Å². The van der Waals surface area contributed by atoms with Crippen LogP contribution in [0.2, 0.25) is 0 Å². The molecule has 0 atom stereocenters. The zero-order chi connectivity index (χ0) is 20.1.